The van der Waals surface area contributed by atoms with E-state index < -0.39 is 0 Å². The Morgan fingerprint density at radius 1 is 1.52 bits per heavy atom. The number of pyridine rings is 1. The van der Waals surface area contributed by atoms with Crippen molar-refractivity contribution in [3.63, 3.8) is 0 Å². The van der Waals surface area contributed by atoms with Gasteiger partial charge in [-0.2, -0.15) is 0 Å². The van der Waals surface area contributed by atoms with Gasteiger partial charge in [0.05, 0.1) is 12.1 Å². The number of aliphatic hydroxyl groups excluding tert-OH is 1. The van der Waals surface area contributed by atoms with Crippen LogP contribution in [-0.2, 0) is 12.0 Å². The molecule has 2 aliphatic carbocycles. The van der Waals surface area contributed by atoms with E-state index in [1.807, 2.05) is 12.1 Å². The number of nitrogens with zero attached hydrogens (tertiary/aromatic N) is 1. The van der Waals surface area contributed by atoms with Gasteiger partial charge in [0.25, 0.3) is 0 Å². The predicted molar refractivity (Wildman–Crippen MR) is 83.1 cm³/mol. The first-order chi connectivity index (χ1) is 10.0. The average Bonchev–Trinajstić information content (AvgIpc) is 2.45. The number of aromatic amines is 1. The lowest BCUT2D eigenvalue weighted by Gasteiger charge is -2.54. The molecule has 112 valence electrons. The Morgan fingerprint density at radius 3 is 2.90 bits per heavy atom. The second-order valence-electron chi connectivity index (χ2n) is 6.32. The summed E-state index contributed by atoms with van der Waals surface area (Å²) >= 11 is 0. The molecule has 3 atom stereocenters. The van der Waals surface area contributed by atoms with Crippen LogP contribution in [0.15, 0.2) is 41.2 Å². The zero-order valence-corrected chi connectivity index (χ0v) is 12.6. The van der Waals surface area contributed by atoms with Gasteiger partial charge in [-0.05, 0) is 50.1 Å². The van der Waals surface area contributed by atoms with Gasteiger partial charge in [-0.1, -0.05) is 12.2 Å². The number of aliphatic hydroxyl groups is 1. The maximum Gasteiger partial charge on any atom is 0.248 e. The predicted octanol–water partition coefficient (Wildman–Crippen LogP) is 1.43. The van der Waals surface area contributed by atoms with Crippen molar-refractivity contribution in [2.75, 3.05) is 20.7 Å². The monoisotopic (exact) mass is 286 g/mol. The molecule has 2 aliphatic rings. The van der Waals surface area contributed by atoms with E-state index in [-0.39, 0.29) is 29.5 Å². The molecule has 0 radical (unpaired) electrons. The molecule has 1 aromatic heterocycles. The van der Waals surface area contributed by atoms with Crippen molar-refractivity contribution in [2.24, 2.45) is 11.8 Å². The minimum atomic E-state index is -0.239. The van der Waals surface area contributed by atoms with E-state index in [1.54, 1.807) is 6.07 Å². The summed E-state index contributed by atoms with van der Waals surface area (Å²) in [6.07, 6.45) is 5.76. The highest BCUT2D eigenvalue weighted by atomic mass is 16.3. The Morgan fingerprint density at radius 2 is 2.29 bits per heavy atom. The van der Waals surface area contributed by atoms with E-state index in [4.69, 9.17) is 0 Å². The SMILES string of the molecule is C=C[C@@H]1[C@@H]2C=C(CO)C[C@@]1(N(C)C)c1ccc(=O)[nH]c1C2. The van der Waals surface area contributed by atoms with Crippen LogP contribution in [0.3, 0.4) is 0 Å². The van der Waals surface area contributed by atoms with E-state index in [1.165, 1.54) is 0 Å². The van der Waals surface area contributed by atoms with Crippen molar-refractivity contribution >= 4 is 0 Å². The van der Waals surface area contributed by atoms with Crippen molar-refractivity contribution in [2.45, 2.75) is 18.4 Å². The first-order valence-corrected chi connectivity index (χ1v) is 7.36. The molecule has 21 heavy (non-hydrogen) atoms. The largest absolute Gasteiger partial charge is 0.392 e. The number of hydrogen-bond donors (Lipinski definition) is 2. The van der Waals surface area contributed by atoms with Gasteiger partial charge >= 0.3 is 0 Å². The highest BCUT2D eigenvalue weighted by Gasteiger charge is 2.51. The lowest BCUT2D eigenvalue weighted by Crippen LogP contribution is -2.55. The van der Waals surface area contributed by atoms with Crippen LogP contribution in [-0.4, -0.2) is 35.7 Å². The van der Waals surface area contributed by atoms with Crippen molar-refractivity contribution in [3.8, 4) is 0 Å². The molecule has 1 heterocycles. The van der Waals surface area contributed by atoms with Crippen molar-refractivity contribution < 1.29 is 5.11 Å². The van der Waals surface area contributed by atoms with Crippen molar-refractivity contribution in [3.05, 3.63) is 58.0 Å². The van der Waals surface area contributed by atoms with E-state index in [0.29, 0.717) is 0 Å². The van der Waals surface area contributed by atoms with Crippen LogP contribution in [0.5, 0.6) is 0 Å². The van der Waals surface area contributed by atoms with Gasteiger partial charge in [0.2, 0.25) is 5.56 Å². The summed E-state index contributed by atoms with van der Waals surface area (Å²) < 4.78 is 0. The molecule has 2 N–H and O–H groups in total. The molecule has 1 aromatic rings. The van der Waals surface area contributed by atoms with Gasteiger partial charge in [-0.3, -0.25) is 9.69 Å². The fraction of sp³-hybridized carbons (Fsp3) is 0.471. The zero-order chi connectivity index (χ0) is 15.2. The van der Waals surface area contributed by atoms with Gasteiger partial charge in [0.15, 0.2) is 0 Å². The third kappa shape index (κ3) is 1.93. The van der Waals surface area contributed by atoms with Crippen LogP contribution < -0.4 is 5.56 Å². The van der Waals surface area contributed by atoms with Gasteiger partial charge < -0.3 is 10.1 Å². The summed E-state index contributed by atoms with van der Waals surface area (Å²) in [5.74, 6) is 0.549. The van der Waals surface area contributed by atoms with Gasteiger partial charge in [-0.15, -0.1) is 6.58 Å². The minimum absolute atomic E-state index is 0.0517. The molecule has 3 rings (SSSR count). The molecule has 0 amide bonds. The maximum absolute atomic E-state index is 11.7. The molecule has 4 heteroatoms. The van der Waals surface area contributed by atoms with E-state index in [2.05, 4.69) is 36.6 Å². The third-order valence-corrected chi connectivity index (χ3v) is 5.12. The van der Waals surface area contributed by atoms with Crippen LogP contribution in [0.2, 0.25) is 0 Å². The zero-order valence-electron chi connectivity index (χ0n) is 12.6. The Balaban J connectivity index is 2.28. The summed E-state index contributed by atoms with van der Waals surface area (Å²) in [5, 5.41) is 9.62. The molecule has 0 aliphatic heterocycles. The second-order valence-corrected chi connectivity index (χ2v) is 6.32. The number of fused-ring (bicyclic) bond motifs is 4. The number of hydrogen-bond acceptors (Lipinski definition) is 3. The topological polar surface area (TPSA) is 56.3 Å². The third-order valence-electron chi connectivity index (χ3n) is 5.12. The van der Waals surface area contributed by atoms with Crippen LogP contribution in [0.25, 0.3) is 0 Å². The van der Waals surface area contributed by atoms with Crippen LogP contribution in [0, 0.1) is 11.8 Å². The van der Waals surface area contributed by atoms with E-state index in [0.717, 1.165) is 29.7 Å². The quantitative estimate of drug-likeness (QED) is 0.827. The molecular formula is C17H22N2O2. The number of H-pyrrole nitrogens is 1. The van der Waals surface area contributed by atoms with Crippen molar-refractivity contribution in [1.82, 2.24) is 9.88 Å². The van der Waals surface area contributed by atoms with Gasteiger partial charge in [0, 0.05) is 17.7 Å². The molecule has 0 saturated carbocycles. The highest BCUT2D eigenvalue weighted by molar-refractivity contribution is 5.41. The number of allylic oxidation sites excluding steroid dienone is 1. The Labute approximate surface area is 124 Å². The highest BCUT2D eigenvalue weighted by Crippen LogP contribution is 2.52. The molecule has 0 aromatic carbocycles. The summed E-state index contributed by atoms with van der Waals surface area (Å²) in [5.41, 5.74) is 2.96. The van der Waals surface area contributed by atoms with Crippen molar-refractivity contribution in [1.29, 1.82) is 0 Å². The molecule has 2 bridgehead atoms. The summed E-state index contributed by atoms with van der Waals surface area (Å²) in [7, 11) is 4.13. The van der Waals surface area contributed by atoms with Crippen LogP contribution in [0.4, 0.5) is 0 Å². The van der Waals surface area contributed by atoms with Crippen LogP contribution in [0.1, 0.15) is 17.7 Å². The van der Waals surface area contributed by atoms with E-state index >= 15 is 0 Å². The minimum Gasteiger partial charge on any atom is -0.392 e. The van der Waals surface area contributed by atoms with E-state index in [9.17, 15) is 9.90 Å². The Hall–Kier alpha value is -1.65. The van der Waals surface area contributed by atoms with Gasteiger partial charge in [-0.25, -0.2) is 0 Å². The van der Waals surface area contributed by atoms with Gasteiger partial charge in [0.1, 0.15) is 0 Å². The molecular weight excluding hydrogens is 264 g/mol. The Bertz CT molecular complexity index is 659. The molecule has 0 fully saturated rings. The Kier molecular flexibility index (Phi) is 3.38. The first kappa shape index (κ1) is 14.3. The smallest absolute Gasteiger partial charge is 0.248 e. The maximum atomic E-state index is 11.7. The molecule has 0 unspecified atom stereocenters. The number of nitrogens with one attached hydrogen (secondary N) is 1. The first-order valence-electron chi connectivity index (χ1n) is 7.36. The van der Waals surface area contributed by atoms with Crippen LogP contribution >= 0.6 is 0 Å². The number of rotatable bonds is 3. The standard InChI is InChI=1S/C17H22N2O2/c1-4-13-12-7-11(10-20)9-17(13,19(2)3)14-5-6-16(21)18-15(14)8-12/h4-7,12-13,20H,1,8-10H2,2-3H3,(H,18,21)/t12-,13-,17+/m1/s1. The fourth-order valence-electron chi connectivity index (χ4n) is 4.24. The molecule has 0 spiro atoms. The second kappa shape index (κ2) is 4.97. The number of aromatic nitrogens is 1. The lowest BCUT2D eigenvalue weighted by atomic mass is 9.59. The normalized spacial score (nSPS) is 30.8. The average molecular weight is 286 g/mol. The molecule has 4 nitrogen and oxygen atoms in total. The summed E-state index contributed by atoms with van der Waals surface area (Å²) in [4.78, 5) is 16.9. The summed E-state index contributed by atoms with van der Waals surface area (Å²) in [6, 6.07) is 3.54. The molecule has 0 saturated heterocycles. The summed E-state index contributed by atoms with van der Waals surface area (Å²) in [6.45, 7) is 4.14. The lowest BCUT2D eigenvalue weighted by molar-refractivity contribution is 0.0498. The fourth-order valence-corrected chi connectivity index (χ4v) is 4.24.